The van der Waals surface area contributed by atoms with Crippen LogP contribution < -0.4 is 4.90 Å². The zero-order valence-corrected chi connectivity index (χ0v) is 19.2. The van der Waals surface area contributed by atoms with Gasteiger partial charge in [-0.15, -0.1) is 0 Å². The Morgan fingerprint density at radius 1 is 1.18 bits per heavy atom. The van der Waals surface area contributed by atoms with Gasteiger partial charge in [0, 0.05) is 43.1 Å². The summed E-state index contributed by atoms with van der Waals surface area (Å²) in [6.45, 7) is 5.26. The van der Waals surface area contributed by atoms with Crippen molar-refractivity contribution >= 4 is 17.6 Å². The summed E-state index contributed by atoms with van der Waals surface area (Å²) in [7, 11) is 0. The monoisotopic (exact) mass is 476 g/mol. The first kappa shape index (κ1) is 22.7. The Morgan fingerprint density at radius 2 is 1.91 bits per heavy atom. The van der Waals surface area contributed by atoms with Crippen molar-refractivity contribution in [3.8, 4) is 0 Å². The van der Waals surface area contributed by atoms with Gasteiger partial charge in [-0.1, -0.05) is 6.07 Å². The number of esters is 1. The minimum absolute atomic E-state index is 0.0454. The van der Waals surface area contributed by atoms with E-state index in [0.29, 0.717) is 49.4 Å². The molecule has 2 aromatic rings. The molecule has 5 rings (SSSR count). The molecular formula is C24H27F3N4O3. The lowest BCUT2D eigenvalue weighted by molar-refractivity contribution is -0.138. The van der Waals surface area contributed by atoms with E-state index in [1.54, 1.807) is 22.6 Å². The van der Waals surface area contributed by atoms with E-state index in [2.05, 4.69) is 5.10 Å². The van der Waals surface area contributed by atoms with Crippen LogP contribution in [0.15, 0.2) is 18.2 Å². The maximum Gasteiger partial charge on any atom is 0.416 e. The second kappa shape index (κ2) is 8.32. The molecule has 1 aliphatic heterocycles. The fraction of sp³-hybridized carbons (Fsp3) is 0.542. The average molecular weight is 476 g/mol. The number of alkyl halides is 3. The summed E-state index contributed by atoms with van der Waals surface area (Å²) in [6, 6.07) is 4.21. The van der Waals surface area contributed by atoms with E-state index in [1.165, 1.54) is 13.0 Å². The van der Waals surface area contributed by atoms with Crippen molar-refractivity contribution in [1.82, 2.24) is 14.7 Å². The van der Waals surface area contributed by atoms with E-state index in [1.807, 2.05) is 4.90 Å². The number of fused-ring (bicyclic) bond motifs is 3. The maximum absolute atomic E-state index is 13.3. The molecule has 0 radical (unpaired) electrons. The van der Waals surface area contributed by atoms with Gasteiger partial charge in [-0.3, -0.25) is 9.48 Å². The molecule has 2 atom stereocenters. The number of aromatic nitrogens is 2. The predicted molar refractivity (Wildman–Crippen MR) is 118 cm³/mol. The number of benzene rings is 1. The van der Waals surface area contributed by atoms with Crippen molar-refractivity contribution < 1.29 is 27.5 Å². The topological polar surface area (TPSA) is 67.7 Å². The lowest BCUT2D eigenvalue weighted by atomic mass is 10.0. The van der Waals surface area contributed by atoms with Crippen molar-refractivity contribution in [2.24, 2.45) is 5.92 Å². The number of hydrogen-bond donors (Lipinski definition) is 0. The number of carbonyl (C=O) groups is 2. The van der Waals surface area contributed by atoms with Crippen LogP contribution in [0.25, 0.3) is 0 Å². The molecule has 2 fully saturated rings. The first-order chi connectivity index (χ1) is 16.2. The summed E-state index contributed by atoms with van der Waals surface area (Å²) in [6.07, 6.45) is -2.52. The minimum atomic E-state index is -4.40. The molecule has 1 saturated heterocycles. The summed E-state index contributed by atoms with van der Waals surface area (Å²) in [5, 5.41) is 4.45. The van der Waals surface area contributed by atoms with E-state index in [-0.39, 0.29) is 24.6 Å². The van der Waals surface area contributed by atoms with E-state index >= 15 is 0 Å². The van der Waals surface area contributed by atoms with Crippen LogP contribution in [0.1, 0.15) is 52.1 Å². The highest BCUT2D eigenvalue weighted by molar-refractivity contribution is 5.90. The number of halogens is 3. The van der Waals surface area contributed by atoms with Crippen molar-refractivity contribution in [2.75, 3.05) is 37.7 Å². The van der Waals surface area contributed by atoms with Gasteiger partial charge in [-0.25, -0.2) is 4.79 Å². The maximum atomic E-state index is 13.3. The zero-order chi connectivity index (χ0) is 24.2. The third kappa shape index (κ3) is 3.92. The first-order valence-corrected chi connectivity index (χ1v) is 11.6. The van der Waals surface area contributed by atoms with Crippen molar-refractivity contribution in [2.45, 2.75) is 45.3 Å². The number of piperazine rings is 1. The molecule has 182 valence electrons. The second-order valence-electron chi connectivity index (χ2n) is 9.21. The van der Waals surface area contributed by atoms with Gasteiger partial charge in [0.25, 0.3) is 0 Å². The Bertz CT molecular complexity index is 1140. The highest BCUT2D eigenvalue weighted by Crippen LogP contribution is 2.57. The highest BCUT2D eigenvalue weighted by Gasteiger charge is 2.50. The van der Waals surface area contributed by atoms with Crippen molar-refractivity contribution in [3.05, 3.63) is 46.3 Å². The summed E-state index contributed by atoms with van der Waals surface area (Å²) < 4.78 is 46.6. The summed E-state index contributed by atoms with van der Waals surface area (Å²) in [5.41, 5.74) is 2.35. The smallest absolute Gasteiger partial charge is 0.416 e. The van der Waals surface area contributed by atoms with Crippen LogP contribution >= 0.6 is 0 Å². The Kier molecular flexibility index (Phi) is 5.56. The summed E-state index contributed by atoms with van der Waals surface area (Å²) >= 11 is 0. The third-order valence-corrected chi connectivity index (χ3v) is 7.18. The van der Waals surface area contributed by atoms with E-state index in [0.717, 1.165) is 30.2 Å². The number of rotatable bonds is 5. The quantitative estimate of drug-likeness (QED) is 0.619. The molecule has 1 aromatic carbocycles. The van der Waals surface area contributed by atoms with Crippen LogP contribution in [-0.2, 0) is 28.7 Å². The molecule has 3 aliphatic rings. The Hall–Kier alpha value is -3.04. The molecular weight excluding hydrogens is 449 g/mol. The fourth-order valence-corrected chi connectivity index (χ4v) is 5.37. The van der Waals surface area contributed by atoms with E-state index in [4.69, 9.17) is 4.74 Å². The molecule has 7 nitrogen and oxygen atoms in total. The number of amides is 1. The van der Waals surface area contributed by atoms with Gasteiger partial charge < -0.3 is 14.5 Å². The Balaban J connectivity index is 1.26. The molecule has 34 heavy (non-hydrogen) atoms. The Labute approximate surface area is 195 Å². The van der Waals surface area contributed by atoms with Crippen LogP contribution in [-0.4, -0.2) is 59.3 Å². The number of anilines is 1. The summed E-state index contributed by atoms with van der Waals surface area (Å²) in [5.74, 6) is 0.323. The van der Waals surface area contributed by atoms with Gasteiger partial charge in [0.15, 0.2) is 5.69 Å². The first-order valence-electron chi connectivity index (χ1n) is 11.6. The molecule has 0 unspecified atom stereocenters. The number of carbonyl (C=O) groups excluding carboxylic acids is 2. The van der Waals surface area contributed by atoms with E-state index < -0.39 is 17.7 Å². The molecule has 2 aliphatic carbocycles. The molecule has 10 heteroatoms. The van der Waals surface area contributed by atoms with Crippen LogP contribution in [0.2, 0.25) is 0 Å². The number of hydrogen-bond acceptors (Lipinski definition) is 5. The predicted octanol–water partition coefficient (Wildman–Crippen LogP) is 3.40. The van der Waals surface area contributed by atoms with Gasteiger partial charge in [0.2, 0.25) is 5.91 Å². The van der Waals surface area contributed by atoms with Gasteiger partial charge in [-0.2, -0.15) is 18.3 Å². The van der Waals surface area contributed by atoms with Gasteiger partial charge in [-0.05, 0) is 56.2 Å². The SMILES string of the molecule is CCOC(=O)c1nn(CC(=O)N2CCN(c3cccc(C(F)(F)F)c3C)CC2)c2c1[C@@H]1C[C@@H]1C2. The molecule has 0 N–H and O–H groups in total. The lowest BCUT2D eigenvalue weighted by Gasteiger charge is -2.37. The number of ether oxygens (including phenoxy) is 1. The summed E-state index contributed by atoms with van der Waals surface area (Å²) in [4.78, 5) is 29.0. The van der Waals surface area contributed by atoms with Crippen molar-refractivity contribution in [1.29, 1.82) is 0 Å². The normalized spacial score (nSPS) is 21.3. The van der Waals surface area contributed by atoms with E-state index in [9.17, 15) is 22.8 Å². The van der Waals surface area contributed by atoms with Gasteiger partial charge >= 0.3 is 12.1 Å². The largest absolute Gasteiger partial charge is 0.461 e. The minimum Gasteiger partial charge on any atom is -0.461 e. The van der Waals surface area contributed by atoms with Crippen LogP contribution in [0, 0.1) is 12.8 Å². The Morgan fingerprint density at radius 3 is 2.59 bits per heavy atom. The van der Waals surface area contributed by atoms with Crippen LogP contribution in [0.4, 0.5) is 18.9 Å². The molecule has 1 saturated carbocycles. The molecule has 1 aromatic heterocycles. The molecule has 1 amide bonds. The molecule has 2 heterocycles. The van der Waals surface area contributed by atoms with Gasteiger partial charge in [0.1, 0.15) is 6.54 Å². The van der Waals surface area contributed by atoms with Gasteiger partial charge in [0.05, 0.1) is 12.2 Å². The second-order valence-corrected chi connectivity index (χ2v) is 9.21. The standard InChI is InChI=1S/C24H27F3N4O3/c1-3-34-23(33)22-21-16-11-15(16)12-19(21)31(28-22)13-20(32)30-9-7-29(8-10-30)18-6-4-5-17(14(18)2)24(25,26)27/h4-6,15-16H,3,7-13H2,1-2H3/t15-,16-/m1/s1. The molecule has 0 spiro atoms. The molecule has 0 bridgehead atoms. The average Bonchev–Trinajstić information content (AvgIpc) is 3.32. The highest BCUT2D eigenvalue weighted by atomic mass is 19.4. The van der Waals surface area contributed by atoms with Crippen LogP contribution in [0.5, 0.6) is 0 Å². The third-order valence-electron chi connectivity index (χ3n) is 7.18. The number of nitrogens with zero attached hydrogens (tertiary/aromatic N) is 4. The van der Waals surface area contributed by atoms with Crippen molar-refractivity contribution in [3.63, 3.8) is 0 Å². The lowest BCUT2D eigenvalue weighted by Crippen LogP contribution is -2.50. The fourth-order valence-electron chi connectivity index (χ4n) is 5.37. The zero-order valence-electron chi connectivity index (χ0n) is 19.2. The van der Waals surface area contributed by atoms with Crippen LogP contribution in [0.3, 0.4) is 0 Å².